The van der Waals surface area contributed by atoms with Gasteiger partial charge in [0.15, 0.2) is 0 Å². The molecule has 4 heteroatoms. The van der Waals surface area contributed by atoms with E-state index in [0.717, 1.165) is 51.4 Å². The molecule has 1 aromatic carbocycles. The van der Waals surface area contributed by atoms with E-state index >= 15 is 0 Å². The molecule has 0 atom stereocenters. The number of anilines is 1. The minimum absolute atomic E-state index is 0.172. The molecule has 1 aliphatic heterocycles. The van der Waals surface area contributed by atoms with Gasteiger partial charge in [0.1, 0.15) is 5.82 Å². The third-order valence-corrected chi connectivity index (χ3v) is 3.29. The van der Waals surface area contributed by atoms with Crippen LogP contribution in [-0.2, 0) is 11.2 Å². The number of ether oxygens (including phenoxy) is 1. The Morgan fingerprint density at radius 3 is 2.83 bits per heavy atom. The molecular formula is C14H21FN2O. The van der Waals surface area contributed by atoms with Crippen LogP contribution < -0.4 is 5.32 Å². The van der Waals surface area contributed by atoms with Crippen LogP contribution in [0, 0.1) is 5.82 Å². The number of hydrogen-bond donors (Lipinski definition) is 1. The molecule has 1 fully saturated rings. The molecule has 0 bridgehead atoms. The van der Waals surface area contributed by atoms with E-state index in [1.807, 2.05) is 12.1 Å². The molecule has 1 N–H and O–H groups in total. The zero-order valence-corrected chi connectivity index (χ0v) is 10.9. The Bertz CT molecular complexity index is 378. The largest absolute Gasteiger partial charge is 0.381 e. The van der Waals surface area contributed by atoms with Crippen LogP contribution in [0.5, 0.6) is 0 Å². The molecule has 0 amide bonds. The summed E-state index contributed by atoms with van der Waals surface area (Å²) in [5.41, 5.74) is 1.77. The fourth-order valence-electron chi connectivity index (χ4n) is 2.10. The van der Waals surface area contributed by atoms with E-state index in [9.17, 15) is 4.39 Å². The van der Waals surface area contributed by atoms with Crippen LogP contribution in [-0.4, -0.2) is 44.3 Å². The molecule has 100 valence electrons. The molecule has 0 aromatic heterocycles. The van der Waals surface area contributed by atoms with Crippen LogP contribution in [0.4, 0.5) is 10.1 Å². The highest BCUT2D eigenvalue weighted by atomic mass is 19.1. The Balaban J connectivity index is 1.81. The lowest BCUT2D eigenvalue weighted by molar-refractivity contribution is 0.0398. The van der Waals surface area contributed by atoms with Gasteiger partial charge < -0.3 is 10.1 Å². The maximum absolute atomic E-state index is 13.6. The second-order valence-electron chi connectivity index (χ2n) is 4.55. The van der Waals surface area contributed by atoms with Gasteiger partial charge in [0, 0.05) is 26.2 Å². The molecule has 0 radical (unpaired) electrons. The fourth-order valence-corrected chi connectivity index (χ4v) is 2.10. The molecule has 0 aliphatic carbocycles. The second-order valence-corrected chi connectivity index (χ2v) is 4.55. The van der Waals surface area contributed by atoms with Crippen molar-refractivity contribution in [1.29, 1.82) is 0 Å². The minimum Gasteiger partial charge on any atom is -0.381 e. The summed E-state index contributed by atoms with van der Waals surface area (Å²) in [6, 6.07) is 5.27. The molecule has 2 rings (SSSR count). The molecule has 1 aliphatic rings. The number of hydrogen-bond acceptors (Lipinski definition) is 3. The third kappa shape index (κ3) is 3.68. The van der Waals surface area contributed by atoms with Crippen molar-refractivity contribution >= 4 is 5.69 Å². The number of benzene rings is 1. The first kappa shape index (κ1) is 13.3. The topological polar surface area (TPSA) is 24.5 Å². The molecule has 3 nitrogen and oxygen atoms in total. The summed E-state index contributed by atoms with van der Waals surface area (Å²) in [4.78, 5) is 2.33. The Kier molecular flexibility index (Phi) is 4.96. The van der Waals surface area contributed by atoms with Gasteiger partial charge >= 0.3 is 0 Å². The first-order valence-corrected chi connectivity index (χ1v) is 6.62. The van der Waals surface area contributed by atoms with Crippen molar-refractivity contribution < 1.29 is 9.13 Å². The second kappa shape index (κ2) is 6.71. The lowest BCUT2D eigenvalue weighted by Crippen LogP contribution is -2.39. The minimum atomic E-state index is -0.172. The average molecular weight is 252 g/mol. The standard InChI is InChI=1S/C14H21FN2O/c1-2-12-3-4-13(15)14(11-12)16-5-6-17-7-9-18-10-8-17/h3-4,11,16H,2,5-10H2,1H3. The summed E-state index contributed by atoms with van der Waals surface area (Å²) < 4.78 is 18.9. The molecule has 0 spiro atoms. The van der Waals surface area contributed by atoms with Gasteiger partial charge in [-0.05, 0) is 24.1 Å². The van der Waals surface area contributed by atoms with E-state index in [2.05, 4.69) is 17.1 Å². The van der Waals surface area contributed by atoms with Crippen molar-refractivity contribution in [2.24, 2.45) is 0 Å². The highest BCUT2D eigenvalue weighted by molar-refractivity contribution is 5.47. The Morgan fingerprint density at radius 2 is 2.11 bits per heavy atom. The summed E-state index contributed by atoms with van der Waals surface area (Å²) in [5, 5.41) is 3.18. The molecular weight excluding hydrogens is 231 g/mol. The Labute approximate surface area is 108 Å². The zero-order chi connectivity index (χ0) is 12.8. The van der Waals surface area contributed by atoms with Crippen molar-refractivity contribution in [3.05, 3.63) is 29.6 Å². The fraction of sp³-hybridized carbons (Fsp3) is 0.571. The summed E-state index contributed by atoms with van der Waals surface area (Å²) in [6.45, 7) is 7.33. The van der Waals surface area contributed by atoms with E-state index in [4.69, 9.17) is 4.74 Å². The van der Waals surface area contributed by atoms with Gasteiger partial charge in [0.25, 0.3) is 0 Å². The zero-order valence-electron chi connectivity index (χ0n) is 10.9. The van der Waals surface area contributed by atoms with Gasteiger partial charge in [-0.3, -0.25) is 4.90 Å². The number of halogens is 1. The molecule has 1 heterocycles. The molecule has 1 aromatic rings. The first-order valence-electron chi connectivity index (χ1n) is 6.62. The monoisotopic (exact) mass is 252 g/mol. The number of nitrogens with zero attached hydrogens (tertiary/aromatic N) is 1. The highest BCUT2D eigenvalue weighted by Crippen LogP contribution is 2.16. The summed E-state index contributed by atoms with van der Waals surface area (Å²) >= 11 is 0. The molecule has 0 saturated carbocycles. The molecule has 18 heavy (non-hydrogen) atoms. The molecule has 0 unspecified atom stereocenters. The summed E-state index contributed by atoms with van der Waals surface area (Å²) in [5.74, 6) is -0.172. The van der Waals surface area contributed by atoms with Crippen LogP contribution in [0.15, 0.2) is 18.2 Å². The highest BCUT2D eigenvalue weighted by Gasteiger charge is 2.09. The van der Waals surface area contributed by atoms with Crippen molar-refractivity contribution in [2.45, 2.75) is 13.3 Å². The van der Waals surface area contributed by atoms with Crippen LogP contribution in [0.3, 0.4) is 0 Å². The molecule has 1 saturated heterocycles. The normalized spacial score (nSPS) is 16.8. The third-order valence-electron chi connectivity index (χ3n) is 3.29. The van der Waals surface area contributed by atoms with E-state index < -0.39 is 0 Å². The number of nitrogens with one attached hydrogen (secondary N) is 1. The lowest BCUT2D eigenvalue weighted by atomic mass is 10.1. The SMILES string of the molecule is CCc1ccc(F)c(NCCN2CCOCC2)c1. The van der Waals surface area contributed by atoms with Gasteiger partial charge in [-0.2, -0.15) is 0 Å². The average Bonchev–Trinajstić information content (AvgIpc) is 2.42. The predicted octanol–water partition coefficient (Wildman–Crippen LogP) is 2.13. The smallest absolute Gasteiger partial charge is 0.146 e. The van der Waals surface area contributed by atoms with E-state index in [0.29, 0.717) is 5.69 Å². The van der Waals surface area contributed by atoms with Gasteiger partial charge in [0.05, 0.1) is 18.9 Å². The quantitative estimate of drug-likeness (QED) is 0.869. The van der Waals surface area contributed by atoms with Crippen molar-refractivity contribution in [1.82, 2.24) is 4.90 Å². The van der Waals surface area contributed by atoms with Gasteiger partial charge in [-0.25, -0.2) is 4.39 Å². The Hall–Kier alpha value is -1.13. The predicted molar refractivity (Wildman–Crippen MR) is 71.5 cm³/mol. The van der Waals surface area contributed by atoms with E-state index in [1.165, 1.54) is 6.07 Å². The first-order chi connectivity index (χ1) is 8.79. The van der Waals surface area contributed by atoms with Gasteiger partial charge in [-0.1, -0.05) is 13.0 Å². The summed E-state index contributed by atoms with van der Waals surface area (Å²) in [6.07, 6.45) is 0.929. The van der Waals surface area contributed by atoms with Crippen molar-refractivity contribution in [3.8, 4) is 0 Å². The number of morpholine rings is 1. The Morgan fingerprint density at radius 1 is 1.33 bits per heavy atom. The van der Waals surface area contributed by atoms with E-state index in [1.54, 1.807) is 0 Å². The number of rotatable bonds is 5. The number of aryl methyl sites for hydroxylation is 1. The van der Waals surface area contributed by atoms with Crippen LogP contribution in [0.25, 0.3) is 0 Å². The van der Waals surface area contributed by atoms with Gasteiger partial charge in [-0.15, -0.1) is 0 Å². The van der Waals surface area contributed by atoms with Gasteiger partial charge in [0.2, 0.25) is 0 Å². The van der Waals surface area contributed by atoms with Crippen molar-refractivity contribution in [3.63, 3.8) is 0 Å². The van der Waals surface area contributed by atoms with Crippen LogP contribution in [0.1, 0.15) is 12.5 Å². The van der Waals surface area contributed by atoms with Crippen LogP contribution >= 0.6 is 0 Å². The summed E-state index contributed by atoms with van der Waals surface area (Å²) in [7, 11) is 0. The van der Waals surface area contributed by atoms with E-state index in [-0.39, 0.29) is 5.82 Å². The maximum Gasteiger partial charge on any atom is 0.146 e. The van der Waals surface area contributed by atoms with Crippen LogP contribution in [0.2, 0.25) is 0 Å². The van der Waals surface area contributed by atoms with Crippen molar-refractivity contribution in [2.75, 3.05) is 44.7 Å². The lowest BCUT2D eigenvalue weighted by Gasteiger charge is -2.26. The maximum atomic E-state index is 13.6.